The number of hydrogen-bond donors (Lipinski definition) is 1. The van der Waals surface area contributed by atoms with E-state index in [9.17, 15) is 4.79 Å². The molecule has 0 amide bonds. The number of rotatable bonds is 0. The SMILES string of the molecule is CC(C)(C)[C@H]1[C@@H](C#CC(=O)O)C1(C)C. The van der Waals surface area contributed by atoms with E-state index in [1.54, 1.807) is 0 Å². The molecule has 1 saturated carbocycles. The third-order valence-electron chi connectivity index (χ3n) is 3.09. The lowest BCUT2D eigenvalue weighted by Crippen LogP contribution is -2.12. The van der Waals surface area contributed by atoms with Crippen molar-refractivity contribution >= 4 is 5.97 Å². The molecule has 0 unspecified atom stereocenters. The van der Waals surface area contributed by atoms with E-state index in [4.69, 9.17) is 5.11 Å². The molecule has 0 radical (unpaired) electrons. The molecule has 0 aliphatic heterocycles. The van der Waals surface area contributed by atoms with Gasteiger partial charge < -0.3 is 5.11 Å². The van der Waals surface area contributed by atoms with Crippen molar-refractivity contribution in [3.05, 3.63) is 0 Å². The van der Waals surface area contributed by atoms with Crippen LogP contribution in [-0.4, -0.2) is 11.1 Å². The zero-order chi connectivity index (χ0) is 11.1. The molecule has 2 heteroatoms. The molecule has 0 heterocycles. The standard InChI is InChI=1S/C12H18O2/c1-11(2,3)10-8(12(10,4)5)6-7-9(13)14/h8,10H,1-5H3,(H,13,14)/t8-,10-/m1/s1. The minimum Gasteiger partial charge on any atom is -0.472 e. The van der Waals surface area contributed by atoms with Crippen molar-refractivity contribution in [2.45, 2.75) is 34.6 Å². The predicted octanol–water partition coefficient (Wildman–Crippen LogP) is 2.39. The van der Waals surface area contributed by atoms with Crippen molar-refractivity contribution in [3.63, 3.8) is 0 Å². The average Bonchev–Trinajstić information content (AvgIpc) is 2.47. The Morgan fingerprint density at radius 1 is 1.36 bits per heavy atom. The smallest absolute Gasteiger partial charge is 0.381 e. The van der Waals surface area contributed by atoms with E-state index >= 15 is 0 Å². The lowest BCUT2D eigenvalue weighted by molar-refractivity contribution is -0.130. The molecule has 0 aromatic rings. The fourth-order valence-electron chi connectivity index (χ4n) is 2.66. The van der Waals surface area contributed by atoms with Crippen molar-refractivity contribution in [1.82, 2.24) is 0 Å². The monoisotopic (exact) mass is 194 g/mol. The molecule has 0 spiro atoms. The molecule has 2 nitrogen and oxygen atoms in total. The van der Waals surface area contributed by atoms with Crippen LogP contribution in [0, 0.1) is 34.5 Å². The largest absolute Gasteiger partial charge is 0.472 e. The minimum atomic E-state index is -1.03. The summed E-state index contributed by atoms with van der Waals surface area (Å²) < 4.78 is 0. The second kappa shape index (κ2) is 3.02. The van der Waals surface area contributed by atoms with Crippen LogP contribution >= 0.6 is 0 Å². The molecule has 0 saturated heterocycles. The van der Waals surface area contributed by atoms with E-state index < -0.39 is 5.97 Å². The Labute approximate surface area is 85.7 Å². The van der Waals surface area contributed by atoms with Crippen LogP contribution in [0.15, 0.2) is 0 Å². The molecule has 1 fully saturated rings. The van der Waals surface area contributed by atoms with Crippen LogP contribution in [0.5, 0.6) is 0 Å². The first-order chi connectivity index (χ1) is 6.17. The zero-order valence-electron chi connectivity index (χ0n) is 9.51. The predicted molar refractivity (Wildman–Crippen MR) is 55.6 cm³/mol. The van der Waals surface area contributed by atoms with Crippen LogP contribution in [0.1, 0.15) is 34.6 Å². The van der Waals surface area contributed by atoms with E-state index in [0.29, 0.717) is 5.92 Å². The van der Waals surface area contributed by atoms with Crippen molar-refractivity contribution in [1.29, 1.82) is 0 Å². The molecular formula is C12H18O2. The molecule has 2 atom stereocenters. The summed E-state index contributed by atoms with van der Waals surface area (Å²) in [6, 6.07) is 0. The second-order valence-corrected chi connectivity index (χ2v) is 5.72. The van der Waals surface area contributed by atoms with Gasteiger partial charge >= 0.3 is 5.97 Å². The van der Waals surface area contributed by atoms with Crippen molar-refractivity contribution in [2.24, 2.45) is 22.7 Å². The molecule has 0 aromatic carbocycles. The van der Waals surface area contributed by atoms with Gasteiger partial charge in [0.15, 0.2) is 0 Å². The summed E-state index contributed by atoms with van der Waals surface area (Å²) in [5.74, 6) is 4.79. The Morgan fingerprint density at radius 2 is 1.86 bits per heavy atom. The molecule has 1 rings (SSSR count). The zero-order valence-corrected chi connectivity index (χ0v) is 9.51. The molecule has 1 aliphatic rings. The Kier molecular flexibility index (Phi) is 2.39. The van der Waals surface area contributed by atoms with Gasteiger partial charge in [-0.15, -0.1) is 0 Å². The van der Waals surface area contributed by atoms with Crippen LogP contribution < -0.4 is 0 Å². The summed E-state index contributed by atoms with van der Waals surface area (Å²) >= 11 is 0. The van der Waals surface area contributed by atoms with Gasteiger partial charge in [0.2, 0.25) is 0 Å². The summed E-state index contributed by atoms with van der Waals surface area (Å²) in [5, 5.41) is 8.48. The maximum absolute atomic E-state index is 10.3. The Hall–Kier alpha value is -0.970. The van der Waals surface area contributed by atoms with E-state index in [-0.39, 0.29) is 16.7 Å². The first-order valence-corrected chi connectivity index (χ1v) is 4.92. The third-order valence-corrected chi connectivity index (χ3v) is 3.09. The Bertz CT molecular complexity index is 309. The first-order valence-electron chi connectivity index (χ1n) is 4.92. The van der Waals surface area contributed by atoms with Gasteiger partial charge in [-0.25, -0.2) is 4.79 Å². The summed E-state index contributed by atoms with van der Waals surface area (Å²) in [4.78, 5) is 10.3. The Balaban J connectivity index is 2.79. The number of aliphatic carboxylic acids is 1. The molecule has 0 aromatic heterocycles. The fraction of sp³-hybridized carbons (Fsp3) is 0.750. The highest BCUT2D eigenvalue weighted by atomic mass is 16.4. The van der Waals surface area contributed by atoms with Gasteiger partial charge in [-0.05, 0) is 16.7 Å². The molecule has 0 bridgehead atoms. The van der Waals surface area contributed by atoms with Gasteiger partial charge in [0.05, 0.1) is 0 Å². The molecule has 78 valence electrons. The average molecular weight is 194 g/mol. The highest BCUT2D eigenvalue weighted by Gasteiger charge is 2.61. The number of carboxylic acid groups (broad SMARTS) is 1. The van der Waals surface area contributed by atoms with Crippen LogP contribution in [0.3, 0.4) is 0 Å². The maximum atomic E-state index is 10.3. The summed E-state index contributed by atoms with van der Waals surface area (Å²) in [6.45, 7) is 10.9. The number of carbonyl (C=O) groups is 1. The number of carboxylic acids is 1. The van der Waals surface area contributed by atoms with Crippen LogP contribution in [-0.2, 0) is 4.79 Å². The quantitative estimate of drug-likeness (QED) is 0.601. The summed E-state index contributed by atoms with van der Waals surface area (Å²) in [6.07, 6.45) is 0. The summed E-state index contributed by atoms with van der Waals surface area (Å²) in [5.41, 5.74) is 0.377. The van der Waals surface area contributed by atoms with Gasteiger partial charge in [0.25, 0.3) is 0 Å². The van der Waals surface area contributed by atoms with E-state index in [0.717, 1.165) is 0 Å². The van der Waals surface area contributed by atoms with E-state index in [1.165, 1.54) is 0 Å². The van der Waals surface area contributed by atoms with Crippen molar-refractivity contribution in [2.75, 3.05) is 0 Å². The van der Waals surface area contributed by atoms with Crippen LogP contribution in [0.2, 0.25) is 0 Å². The molecule has 14 heavy (non-hydrogen) atoms. The maximum Gasteiger partial charge on any atom is 0.381 e. The lowest BCUT2D eigenvalue weighted by Gasteiger charge is -2.19. The topological polar surface area (TPSA) is 37.3 Å². The minimum absolute atomic E-state index is 0.167. The van der Waals surface area contributed by atoms with E-state index in [2.05, 4.69) is 46.5 Å². The van der Waals surface area contributed by atoms with Crippen LogP contribution in [0.25, 0.3) is 0 Å². The Morgan fingerprint density at radius 3 is 2.14 bits per heavy atom. The third kappa shape index (κ3) is 1.92. The van der Waals surface area contributed by atoms with Gasteiger partial charge in [-0.1, -0.05) is 40.5 Å². The van der Waals surface area contributed by atoms with E-state index in [1.807, 2.05) is 0 Å². The first kappa shape index (κ1) is 11.1. The van der Waals surface area contributed by atoms with Gasteiger partial charge in [-0.3, -0.25) is 0 Å². The van der Waals surface area contributed by atoms with Gasteiger partial charge in [0, 0.05) is 11.8 Å². The summed E-state index contributed by atoms with van der Waals surface area (Å²) in [7, 11) is 0. The highest BCUT2D eigenvalue weighted by Crippen LogP contribution is 2.65. The van der Waals surface area contributed by atoms with Crippen molar-refractivity contribution in [3.8, 4) is 11.8 Å². The van der Waals surface area contributed by atoms with Crippen molar-refractivity contribution < 1.29 is 9.90 Å². The van der Waals surface area contributed by atoms with Crippen LogP contribution in [0.4, 0.5) is 0 Å². The fourth-order valence-corrected chi connectivity index (χ4v) is 2.66. The molecule has 1 aliphatic carbocycles. The lowest BCUT2D eigenvalue weighted by atomic mass is 9.85. The molecule has 1 N–H and O–H groups in total. The normalized spacial score (nSPS) is 28.9. The second-order valence-electron chi connectivity index (χ2n) is 5.72. The number of hydrogen-bond acceptors (Lipinski definition) is 1. The van der Waals surface area contributed by atoms with Gasteiger partial charge in [0.1, 0.15) is 0 Å². The van der Waals surface area contributed by atoms with Gasteiger partial charge in [-0.2, -0.15) is 0 Å². The molecular weight excluding hydrogens is 176 g/mol. The highest BCUT2D eigenvalue weighted by molar-refractivity contribution is 5.86.